The number of hydrogen-bond acceptors (Lipinski definition) is 5. The Bertz CT molecular complexity index is 676. The Hall–Kier alpha value is -2.02. The smallest absolute Gasteiger partial charge is 0.872 e. The van der Waals surface area contributed by atoms with Crippen molar-refractivity contribution in [2.75, 3.05) is 7.11 Å². The van der Waals surface area contributed by atoms with Gasteiger partial charge >= 0.3 is 41.6 Å². The third-order valence-corrected chi connectivity index (χ3v) is 3.35. The number of alkyl carbamates (subject to hydrolysis) is 1. The van der Waals surface area contributed by atoms with Gasteiger partial charge in [-0.25, -0.2) is 9.59 Å². The first kappa shape index (κ1) is 21.0. The summed E-state index contributed by atoms with van der Waals surface area (Å²) in [6, 6.07) is 14.3. The van der Waals surface area contributed by atoms with Crippen LogP contribution in [0.25, 0.3) is 0 Å². The quantitative estimate of drug-likeness (QED) is 0.520. The molecule has 1 N–H and O–H groups in total. The average molecular weight is 351 g/mol. The number of nitrogens with one attached hydrogen (secondary N) is 1. The molecule has 0 radical (unpaired) electrons. The third-order valence-electron chi connectivity index (χ3n) is 3.35. The molecule has 0 aromatic heterocycles. The van der Waals surface area contributed by atoms with E-state index in [-0.39, 0.29) is 48.3 Å². The summed E-state index contributed by atoms with van der Waals surface area (Å²) in [6.45, 7) is 0.103. The minimum absolute atomic E-state index is 0. The summed E-state index contributed by atoms with van der Waals surface area (Å²) in [4.78, 5) is 23.7. The van der Waals surface area contributed by atoms with Crippen LogP contribution in [0.5, 0.6) is 5.75 Å². The molecule has 0 aliphatic rings. The van der Waals surface area contributed by atoms with E-state index in [1.54, 1.807) is 12.1 Å². The molecule has 0 heterocycles. The van der Waals surface area contributed by atoms with E-state index in [1.165, 1.54) is 19.2 Å². The van der Waals surface area contributed by atoms with Gasteiger partial charge in [0.05, 0.1) is 7.11 Å². The van der Waals surface area contributed by atoms with Crippen LogP contribution >= 0.6 is 0 Å². The van der Waals surface area contributed by atoms with E-state index < -0.39 is 18.1 Å². The van der Waals surface area contributed by atoms with Gasteiger partial charge in [0.15, 0.2) is 0 Å². The monoisotopic (exact) mass is 351 g/mol. The molecule has 0 aliphatic carbocycles. The van der Waals surface area contributed by atoms with Crippen molar-refractivity contribution in [2.45, 2.75) is 19.1 Å². The molecule has 2 aromatic carbocycles. The van der Waals surface area contributed by atoms with Crippen LogP contribution in [0.1, 0.15) is 11.1 Å². The zero-order valence-corrected chi connectivity index (χ0v) is 16.2. The molecule has 126 valence electrons. The molecule has 25 heavy (non-hydrogen) atoms. The van der Waals surface area contributed by atoms with E-state index in [0.717, 1.165) is 11.1 Å². The summed E-state index contributed by atoms with van der Waals surface area (Å²) in [6.07, 6.45) is -0.511. The maximum atomic E-state index is 11.9. The van der Waals surface area contributed by atoms with E-state index in [2.05, 4.69) is 5.32 Å². The normalized spacial score (nSPS) is 10.9. The fraction of sp³-hybridized carbons (Fsp3) is 0.222. The van der Waals surface area contributed by atoms with Crippen LogP contribution in [0.2, 0.25) is 0 Å². The summed E-state index contributed by atoms with van der Waals surface area (Å²) in [5.41, 5.74) is 1.57. The van der Waals surface area contributed by atoms with Gasteiger partial charge < -0.3 is 19.9 Å². The van der Waals surface area contributed by atoms with Crippen LogP contribution in [0.15, 0.2) is 54.6 Å². The van der Waals surface area contributed by atoms with Crippen molar-refractivity contribution in [3.63, 3.8) is 0 Å². The number of benzene rings is 2. The van der Waals surface area contributed by atoms with Gasteiger partial charge in [0.25, 0.3) is 0 Å². The van der Waals surface area contributed by atoms with Crippen molar-refractivity contribution in [3.05, 3.63) is 65.7 Å². The Morgan fingerprint density at radius 3 is 2.28 bits per heavy atom. The average Bonchev–Trinajstić information content (AvgIpc) is 2.61. The molecule has 1 atom stereocenters. The predicted octanol–water partition coefficient (Wildman–Crippen LogP) is -1.23. The Morgan fingerprint density at radius 1 is 1.04 bits per heavy atom. The molecule has 1 amide bonds. The van der Waals surface area contributed by atoms with E-state index >= 15 is 0 Å². The van der Waals surface area contributed by atoms with Gasteiger partial charge in [-0.15, -0.1) is 5.75 Å². The van der Waals surface area contributed by atoms with Crippen LogP contribution in [0, 0.1) is 0 Å². The third kappa shape index (κ3) is 7.17. The summed E-state index contributed by atoms with van der Waals surface area (Å²) < 4.78 is 9.80. The van der Waals surface area contributed by atoms with Gasteiger partial charge in [-0.3, -0.25) is 0 Å². The zero-order chi connectivity index (χ0) is 17.4. The number of rotatable bonds is 6. The number of ether oxygens (including phenoxy) is 2. The van der Waals surface area contributed by atoms with Crippen molar-refractivity contribution in [1.82, 2.24) is 5.32 Å². The number of carbonyl (C=O) groups excluding carboxylic acids is 2. The SMILES string of the molecule is COC(=O)[C@H](Cc1ccc([O-])cc1)NC(=O)OCc1ccccc1.[Na+]. The predicted molar refractivity (Wildman–Crippen MR) is 85.2 cm³/mol. The Balaban J connectivity index is 0.00000312. The molecule has 2 rings (SSSR count). The zero-order valence-electron chi connectivity index (χ0n) is 14.2. The van der Waals surface area contributed by atoms with Gasteiger partial charge in [0, 0.05) is 6.42 Å². The maximum Gasteiger partial charge on any atom is 1.00 e. The number of hydrogen-bond donors (Lipinski definition) is 1. The molecule has 6 nitrogen and oxygen atoms in total. The van der Waals surface area contributed by atoms with E-state index in [4.69, 9.17) is 9.47 Å². The van der Waals surface area contributed by atoms with Gasteiger partial charge in [0.2, 0.25) is 0 Å². The van der Waals surface area contributed by atoms with Gasteiger partial charge in [-0.05, 0) is 11.1 Å². The minimum atomic E-state index is -0.893. The van der Waals surface area contributed by atoms with E-state index in [9.17, 15) is 14.7 Å². The fourth-order valence-corrected chi connectivity index (χ4v) is 2.10. The minimum Gasteiger partial charge on any atom is -0.872 e. The van der Waals surface area contributed by atoms with Gasteiger partial charge in [-0.1, -0.05) is 54.6 Å². The Morgan fingerprint density at radius 2 is 1.68 bits per heavy atom. The van der Waals surface area contributed by atoms with Crippen molar-refractivity contribution in [2.24, 2.45) is 0 Å². The van der Waals surface area contributed by atoms with Gasteiger partial charge in [0.1, 0.15) is 12.6 Å². The fourth-order valence-electron chi connectivity index (χ4n) is 2.10. The Kier molecular flexibility index (Phi) is 9.05. The second-order valence-electron chi connectivity index (χ2n) is 5.13. The van der Waals surface area contributed by atoms with Gasteiger partial charge in [-0.2, -0.15) is 0 Å². The first-order chi connectivity index (χ1) is 11.6. The topological polar surface area (TPSA) is 87.7 Å². The second kappa shape index (κ2) is 10.8. The van der Waals surface area contributed by atoms with Crippen LogP contribution in [-0.2, 0) is 27.3 Å². The van der Waals surface area contributed by atoms with E-state index in [0.29, 0.717) is 0 Å². The molecule has 0 aliphatic heterocycles. The molecule has 0 unspecified atom stereocenters. The molecule has 7 heteroatoms. The number of carbonyl (C=O) groups is 2. The molecule has 2 aromatic rings. The largest absolute Gasteiger partial charge is 1.00 e. The first-order valence-corrected chi connectivity index (χ1v) is 7.39. The summed E-state index contributed by atoms with van der Waals surface area (Å²) in [5.74, 6) is -0.707. The molecule has 0 bridgehead atoms. The van der Waals surface area contributed by atoms with Crippen LogP contribution in [-0.4, -0.2) is 25.2 Å². The number of methoxy groups -OCH3 is 1. The maximum absolute atomic E-state index is 11.9. The van der Waals surface area contributed by atoms with Crippen molar-refractivity contribution >= 4 is 12.1 Å². The molecule has 0 fully saturated rings. The summed E-state index contributed by atoms with van der Waals surface area (Å²) in [5, 5.41) is 13.6. The molecular formula is C18H18NNaO5. The van der Waals surface area contributed by atoms with E-state index in [1.807, 2.05) is 30.3 Å². The number of esters is 1. The summed E-state index contributed by atoms with van der Waals surface area (Å²) in [7, 11) is 1.24. The van der Waals surface area contributed by atoms with Crippen LogP contribution < -0.4 is 40.0 Å². The molecule has 0 saturated carbocycles. The first-order valence-electron chi connectivity index (χ1n) is 7.39. The second-order valence-corrected chi connectivity index (χ2v) is 5.13. The van der Waals surface area contributed by atoms with Crippen molar-refractivity contribution in [1.29, 1.82) is 0 Å². The molecule has 0 saturated heterocycles. The molecular weight excluding hydrogens is 333 g/mol. The van der Waals surface area contributed by atoms with Crippen molar-refractivity contribution < 1.29 is 53.7 Å². The van der Waals surface area contributed by atoms with Crippen LogP contribution in [0.4, 0.5) is 4.79 Å². The Labute approximate surface area is 168 Å². The van der Waals surface area contributed by atoms with Crippen molar-refractivity contribution in [3.8, 4) is 5.75 Å². The molecule has 0 spiro atoms. The standard InChI is InChI=1S/C18H19NO5.Na/c1-23-17(21)16(11-13-7-9-15(20)10-8-13)19-18(22)24-12-14-5-3-2-4-6-14;/h2-10,16,20H,11-12H2,1H3,(H,19,22);/q;+1/p-1/t16-;/m0./s1. The number of amides is 1. The van der Waals surface area contributed by atoms with Crippen LogP contribution in [0.3, 0.4) is 0 Å². The summed E-state index contributed by atoms with van der Waals surface area (Å²) >= 11 is 0.